The topological polar surface area (TPSA) is 70.3 Å². The van der Waals surface area contributed by atoms with Crippen molar-refractivity contribution in [3.8, 4) is 11.8 Å². The van der Waals surface area contributed by atoms with Crippen molar-refractivity contribution in [2.45, 2.75) is 12.3 Å². The van der Waals surface area contributed by atoms with Crippen LogP contribution in [0.5, 0.6) is 5.75 Å². The number of nitriles is 1. The van der Waals surface area contributed by atoms with Gasteiger partial charge in [0.05, 0.1) is 31.0 Å². The summed E-state index contributed by atoms with van der Waals surface area (Å²) >= 11 is 5.71. The number of carboxylic acids is 1. The fourth-order valence-electron chi connectivity index (χ4n) is 1.40. The van der Waals surface area contributed by atoms with Gasteiger partial charge in [0.1, 0.15) is 5.75 Å². The van der Waals surface area contributed by atoms with E-state index in [0.29, 0.717) is 22.4 Å². The number of benzene rings is 1. The lowest BCUT2D eigenvalue weighted by Crippen LogP contribution is -2.03. The molecule has 1 N–H and O–H groups in total. The molecule has 0 amide bonds. The van der Waals surface area contributed by atoms with E-state index in [-0.39, 0.29) is 12.3 Å². The first kappa shape index (κ1) is 12.3. The quantitative estimate of drug-likeness (QED) is 0.815. The van der Waals surface area contributed by atoms with E-state index in [4.69, 9.17) is 26.7 Å². The zero-order chi connectivity index (χ0) is 12.1. The average molecular weight is 240 g/mol. The highest BCUT2D eigenvalue weighted by Gasteiger charge is 2.12. The van der Waals surface area contributed by atoms with E-state index >= 15 is 0 Å². The summed E-state index contributed by atoms with van der Waals surface area (Å²) in [7, 11) is 1.46. The Morgan fingerprint density at radius 3 is 2.75 bits per heavy atom. The van der Waals surface area contributed by atoms with E-state index in [0.717, 1.165) is 0 Å². The van der Waals surface area contributed by atoms with E-state index in [1.165, 1.54) is 13.2 Å². The van der Waals surface area contributed by atoms with Crippen molar-refractivity contribution < 1.29 is 14.6 Å². The maximum absolute atomic E-state index is 10.6. The van der Waals surface area contributed by atoms with E-state index < -0.39 is 5.97 Å². The molecule has 0 bridgehead atoms. The number of rotatable bonds is 4. The molecule has 5 heteroatoms. The normalized spacial score (nSPS) is 9.56. The largest absolute Gasteiger partial charge is 0.496 e. The third kappa shape index (κ3) is 2.65. The van der Waals surface area contributed by atoms with E-state index in [1.54, 1.807) is 6.07 Å². The Morgan fingerprint density at radius 2 is 2.31 bits per heavy atom. The molecular formula is C11H10ClNO3. The second kappa shape index (κ2) is 5.38. The van der Waals surface area contributed by atoms with Crippen molar-refractivity contribution in [2.75, 3.05) is 7.11 Å². The predicted octanol–water partition coefficient (Wildman–Crippen LogP) is 1.93. The highest BCUT2D eigenvalue weighted by Crippen LogP contribution is 2.26. The van der Waals surface area contributed by atoms with Crippen LogP contribution in [0.2, 0.25) is 0 Å². The van der Waals surface area contributed by atoms with Gasteiger partial charge in [0.2, 0.25) is 0 Å². The zero-order valence-corrected chi connectivity index (χ0v) is 9.41. The molecule has 0 unspecified atom stereocenters. The Balaban J connectivity index is 3.27. The number of nitrogens with zero attached hydrogens (tertiary/aromatic N) is 1. The number of hydrogen-bond donors (Lipinski definition) is 1. The smallest absolute Gasteiger partial charge is 0.307 e. The first-order valence-electron chi connectivity index (χ1n) is 4.50. The maximum Gasteiger partial charge on any atom is 0.307 e. The molecule has 1 aromatic carbocycles. The summed E-state index contributed by atoms with van der Waals surface area (Å²) in [6, 6.07) is 5.09. The molecule has 0 aliphatic rings. The van der Waals surface area contributed by atoms with Gasteiger partial charge in [-0.15, -0.1) is 11.6 Å². The molecule has 0 heterocycles. The number of ether oxygens (including phenoxy) is 1. The second-order valence-corrected chi connectivity index (χ2v) is 3.41. The van der Waals surface area contributed by atoms with Crippen LogP contribution in [0.15, 0.2) is 12.1 Å². The van der Waals surface area contributed by atoms with Gasteiger partial charge in [-0.1, -0.05) is 0 Å². The second-order valence-electron chi connectivity index (χ2n) is 3.14. The molecule has 0 aromatic heterocycles. The van der Waals surface area contributed by atoms with Gasteiger partial charge < -0.3 is 9.84 Å². The summed E-state index contributed by atoms with van der Waals surface area (Å²) in [5, 5.41) is 17.6. The molecule has 0 saturated heterocycles. The number of hydrogen-bond acceptors (Lipinski definition) is 3. The van der Waals surface area contributed by atoms with Crippen molar-refractivity contribution in [2.24, 2.45) is 0 Å². The Hall–Kier alpha value is -1.73. The fraction of sp³-hybridized carbons (Fsp3) is 0.273. The van der Waals surface area contributed by atoms with Crippen molar-refractivity contribution in [3.63, 3.8) is 0 Å². The molecule has 4 nitrogen and oxygen atoms in total. The van der Waals surface area contributed by atoms with Gasteiger partial charge in [-0.05, 0) is 17.7 Å². The van der Waals surface area contributed by atoms with Crippen LogP contribution in [0.3, 0.4) is 0 Å². The molecular weight excluding hydrogens is 230 g/mol. The van der Waals surface area contributed by atoms with Crippen LogP contribution < -0.4 is 4.74 Å². The van der Waals surface area contributed by atoms with Gasteiger partial charge in [0, 0.05) is 5.56 Å². The molecule has 16 heavy (non-hydrogen) atoms. The van der Waals surface area contributed by atoms with Crippen molar-refractivity contribution in [3.05, 3.63) is 28.8 Å². The van der Waals surface area contributed by atoms with Crippen LogP contribution in [0.1, 0.15) is 16.7 Å². The molecule has 1 aromatic rings. The molecule has 0 aliphatic heterocycles. The summed E-state index contributed by atoms with van der Waals surface area (Å²) in [4.78, 5) is 10.6. The van der Waals surface area contributed by atoms with Crippen LogP contribution in [0.4, 0.5) is 0 Å². The van der Waals surface area contributed by atoms with Gasteiger partial charge in [0.15, 0.2) is 0 Å². The third-order valence-corrected chi connectivity index (χ3v) is 2.37. The van der Waals surface area contributed by atoms with Gasteiger partial charge >= 0.3 is 5.97 Å². The number of carboxylic acid groups (broad SMARTS) is 1. The SMILES string of the molecule is COc1cc(CC(=O)O)cc(C#N)c1CCl. The van der Waals surface area contributed by atoms with Crippen LogP contribution in [0.25, 0.3) is 0 Å². The Bertz CT molecular complexity index is 451. The molecule has 0 aliphatic carbocycles. The molecule has 84 valence electrons. The molecule has 0 radical (unpaired) electrons. The first-order valence-corrected chi connectivity index (χ1v) is 5.03. The summed E-state index contributed by atoms with van der Waals surface area (Å²) < 4.78 is 5.07. The lowest BCUT2D eigenvalue weighted by atomic mass is 10.0. The van der Waals surface area contributed by atoms with Gasteiger partial charge in [0.25, 0.3) is 0 Å². The highest BCUT2D eigenvalue weighted by molar-refractivity contribution is 6.17. The minimum Gasteiger partial charge on any atom is -0.496 e. The molecule has 0 atom stereocenters. The predicted molar refractivity (Wildman–Crippen MR) is 58.6 cm³/mol. The lowest BCUT2D eigenvalue weighted by molar-refractivity contribution is -0.136. The summed E-state index contributed by atoms with van der Waals surface area (Å²) in [6.45, 7) is 0. The van der Waals surface area contributed by atoms with Crippen LogP contribution >= 0.6 is 11.6 Å². The fourth-order valence-corrected chi connectivity index (χ4v) is 1.67. The number of halogens is 1. The monoisotopic (exact) mass is 239 g/mol. The van der Waals surface area contributed by atoms with Gasteiger partial charge in [-0.3, -0.25) is 4.79 Å². The number of methoxy groups -OCH3 is 1. The molecule has 0 saturated carbocycles. The summed E-state index contributed by atoms with van der Waals surface area (Å²) in [6.07, 6.45) is -0.145. The molecule has 0 fully saturated rings. The minimum absolute atomic E-state index is 0.145. The van der Waals surface area contributed by atoms with E-state index in [2.05, 4.69) is 0 Å². The highest BCUT2D eigenvalue weighted by atomic mass is 35.5. The standard InChI is InChI=1S/C11H10ClNO3/c1-16-10-3-7(4-11(14)15)2-8(6-13)9(10)5-12/h2-3H,4-5H2,1H3,(H,14,15). The number of alkyl halides is 1. The third-order valence-electron chi connectivity index (χ3n) is 2.10. The number of carbonyl (C=O) groups is 1. The van der Waals surface area contributed by atoms with E-state index in [1.807, 2.05) is 6.07 Å². The molecule has 0 spiro atoms. The summed E-state index contributed by atoms with van der Waals surface area (Å²) in [5.74, 6) is -0.353. The van der Waals surface area contributed by atoms with Gasteiger partial charge in [-0.25, -0.2) is 0 Å². The van der Waals surface area contributed by atoms with Crippen LogP contribution in [-0.2, 0) is 17.1 Å². The van der Waals surface area contributed by atoms with Crippen molar-refractivity contribution in [1.29, 1.82) is 5.26 Å². The Labute approximate surface area is 98.0 Å². The minimum atomic E-state index is -0.954. The first-order chi connectivity index (χ1) is 7.62. The number of aliphatic carboxylic acids is 1. The Kier molecular flexibility index (Phi) is 4.15. The van der Waals surface area contributed by atoms with E-state index in [9.17, 15) is 4.79 Å². The zero-order valence-electron chi connectivity index (χ0n) is 8.66. The summed E-state index contributed by atoms with van der Waals surface area (Å²) in [5.41, 5.74) is 1.46. The van der Waals surface area contributed by atoms with Crippen molar-refractivity contribution in [1.82, 2.24) is 0 Å². The molecule has 1 rings (SSSR count). The lowest BCUT2D eigenvalue weighted by Gasteiger charge is -2.09. The van der Waals surface area contributed by atoms with Crippen LogP contribution in [0, 0.1) is 11.3 Å². The van der Waals surface area contributed by atoms with Crippen molar-refractivity contribution >= 4 is 17.6 Å². The average Bonchev–Trinajstić information content (AvgIpc) is 2.26. The maximum atomic E-state index is 10.6. The Morgan fingerprint density at radius 1 is 1.62 bits per heavy atom. The van der Waals surface area contributed by atoms with Crippen LogP contribution in [-0.4, -0.2) is 18.2 Å². The van der Waals surface area contributed by atoms with Gasteiger partial charge in [-0.2, -0.15) is 5.26 Å².